The maximum absolute atomic E-state index is 12.0. The van der Waals surface area contributed by atoms with Gasteiger partial charge < -0.3 is 10.6 Å². The van der Waals surface area contributed by atoms with E-state index in [-0.39, 0.29) is 17.0 Å². The van der Waals surface area contributed by atoms with Crippen LogP contribution in [0.25, 0.3) is 0 Å². The first kappa shape index (κ1) is 19.4. The van der Waals surface area contributed by atoms with Crippen LogP contribution in [-0.2, 0) is 16.6 Å². The Balaban J connectivity index is 1.92. The first-order chi connectivity index (χ1) is 11.7. The first-order valence-corrected chi connectivity index (χ1v) is 10.0. The Bertz CT molecular complexity index is 825. The molecule has 1 aromatic heterocycles. The highest BCUT2D eigenvalue weighted by Gasteiger charge is 2.14. The zero-order chi connectivity index (χ0) is 18.6. The van der Waals surface area contributed by atoms with Crippen LogP contribution in [0.1, 0.15) is 34.1 Å². The highest BCUT2D eigenvalue weighted by atomic mass is 32.2. The summed E-state index contributed by atoms with van der Waals surface area (Å²) < 4.78 is 25.7. The summed E-state index contributed by atoms with van der Waals surface area (Å²) in [6.45, 7) is 6.14. The lowest BCUT2D eigenvalue weighted by molar-refractivity contribution is 0.237. The molecular formula is C16H22N4O3S2. The molecule has 0 radical (unpaired) electrons. The third kappa shape index (κ3) is 5.00. The average molecular weight is 383 g/mol. The van der Waals surface area contributed by atoms with Crippen LogP contribution in [-0.4, -0.2) is 26.5 Å². The summed E-state index contributed by atoms with van der Waals surface area (Å²) in [6, 6.07) is 5.83. The van der Waals surface area contributed by atoms with Crippen LogP contribution in [0.2, 0.25) is 0 Å². The average Bonchev–Trinajstić information content (AvgIpc) is 2.91. The topological polar surface area (TPSA) is 100 Å². The van der Waals surface area contributed by atoms with Crippen molar-refractivity contribution >= 4 is 27.4 Å². The van der Waals surface area contributed by atoms with E-state index in [2.05, 4.69) is 20.3 Å². The molecule has 136 valence electrons. The number of nitrogens with one attached hydrogen (secondary N) is 3. The second-order valence-corrected chi connectivity index (χ2v) is 8.75. The summed E-state index contributed by atoms with van der Waals surface area (Å²) in [4.78, 5) is 17.7. The maximum Gasteiger partial charge on any atom is 0.315 e. The molecule has 0 spiro atoms. The predicted octanol–water partition coefficient (Wildman–Crippen LogP) is 2.23. The van der Waals surface area contributed by atoms with Gasteiger partial charge in [0.25, 0.3) is 0 Å². The molecule has 2 aromatic rings. The van der Waals surface area contributed by atoms with E-state index in [0.29, 0.717) is 6.54 Å². The molecule has 1 atom stereocenters. The standard InChI is InChI=1S/C16H22N4O3S2/c1-10-12(3)24-15(19-10)9-18-16(21)20-11(2)13-5-7-14(8-6-13)25(22,23)17-4/h5-8,11,17H,9H2,1-4H3,(H2,18,20,21). The number of aromatic nitrogens is 1. The molecule has 3 N–H and O–H groups in total. The van der Waals surface area contributed by atoms with Crippen molar-refractivity contribution in [3.8, 4) is 0 Å². The second-order valence-electron chi connectivity index (χ2n) is 5.57. The summed E-state index contributed by atoms with van der Waals surface area (Å²) in [6.07, 6.45) is 0. The van der Waals surface area contributed by atoms with Gasteiger partial charge in [0.2, 0.25) is 10.0 Å². The van der Waals surface area contributed by atoms with Crippen LogP contribution in [0.5, 0.6) is 0 Å². The molecule has 0 aliphatic carbocycles. The van der Waals surface area contributed by atoms with E-state index in [1.807, 2.05) is 20.8 Å². The molecule has 1 aromatic carbocycles. The van der Waals surface area contributed by atoms with Crippen molar-refractivity contribution in [1.82, 2.24) is 20.3 Å². The van der Waals surface area contributed by atoms with Gasteiger partial charge >= 0.3 is 6.03 Å². The minimum absolute atomic E-state index is 0.185. The normalized spacial score (nSPS) is 12.6. The minimum atomic E-state index is -3.46. The molecule has 0 saturated heterocycles. The highest BCUT2D eigenvalue weighted by molar-refractivity contribution is 7.89. The van der Waals surface area contributed by atoms with Crippen molar-refractivity contribution in [2.75, 3.05) is 7.05 Å². The molecule has 2 rings (SSSR count). The molecule has 0 aliphatic rings. The zero-order valence-corrected chi connectivity index (χ0v) is 16.2. The second kappa shape index (κ2) is 7.94. The minimum Gasteiger partial charge on any atom is -0.332 e. The number of carbonyl (C=O) groups excluding carboxylic acids is 1. The van der Waals surface area contributed by atoms with E-state index >= 15 is 0 Å². The molecule has 7 nitrogen and oxygen atoms in total. The predicted molar refractivity (Wildman–Crippen MR) is 98.1 cm³/mol. The maximum atomic E-state index is 12.0. The molecule has 0 saturated carbocycles. The number of urea groups is 1. The number of hydrogen-bond acceptors (Lipinski definition) is 5. The van der Waals surface area contributed by atoms with Gasteiger partial charge in [-0.05, 0) is 45.5 Å². The fourth-order valence-corrected chi connectivity index (χ4v) is 3.76. The van der Waals surface area contributed by atoms with Crippen molar-refractivity contribution in [2.45, 2.75) is 38.3 Å². The lowest BCUT2D eigenvalue weighted by Crippen LogP contribution is -2.36. The van der Waals surface area contributed by atoms with Gasteiger partial charge in [-0.15, -0.1) is 11.3 Å². The van der Waals surface area contributed by atoms with Gasteiger partial charge in [0.05, 0.1) is 23.2 Å². The molecule has 1 unspecified atom stereocenters. The number of carbonyl (C=O) groups is 1. The van der Waals surface area contributed by atoms with E-state index in [4.69, 9.17) is 0 Å². The van der Waals surface area contributed by atoms with E-state index in [1.165, 1.54) is 19.2 Å². The van der Waals surface area contributed by atoms with Gasteiger partial charge in [0.15, 0.2) is 0 Å². The van der Waals surface area contributed by atoms with Crippen molar-refractivity contribution in [1.29, 1.82) is 0 Å². The van der Waals surface area contributed by atoms with E-state index in [0.717, 1.165) is 21.1 Å². The van der Waals surface area contributed by atoms with Crippen LogP contribution < -0.4 is 15.4 Å². The number of rotatable bonds is 6. The quantitative estimate of drug-likeness (QED) is 0.713. The molecule has 9 heteroatoms. The molecule has 0 fully saturated rings. The Kier molecular flexibility index (Phi) is 6.15. The zero-order valence-electron chi connectivity index (χ0n) is 14.6. The van der Waals surface area contributed by atoms with E-state index in [1.54, 1.807) is 23.5 Å². The van der Waals surface area contributed by atoms with E-state index in [9.17, 15) is 13.2 Å². The number of benzene rings is 1. The van der Waals surface area contributed by atoms with Gasteiger partial charge in [-0.25, -0.2) is 22.9 Å². The number of nitrogens with zero attached hydrogens (tertiary/aromatic N) is 1. The fraction of sp³-hybridized carbons (Fsp3) is 0.375. The largest absolute Gasteiger partial charge is 0.332 e. The Labute approximate surface area is 151 Å². The van der Waals surface area contributed by atoms with Crippen LogP contribution in [0.3, 0.4) is 0 Å². The molecule has 0 bridgehead atoms. The van der Waals surface area contributed by atoms with Crippen LogP contribution in [0, 0.1) is 13.8 Å². The Morgan fingerprint density at radius 2 is 1.88 bits per heavy atom. The molecule has 1 heterocycles. The van der Waals surface area contributed by atoms with Crippen LogP contribution in [0.15, 0.2) is 29.2 Å². The third-order valence-corrected chi connectivity index (χ3v) is 6.28. The number of hydrogen-bond donors (Lipinski definition) is 3. The highest BCUT2D eigenvalue weighted by Crippen LogP contribution is 2.17. The monoisotopic (exact) mass is 382 g/mol. The van der Waals surface area contributed by atoms with Gasteiger partial charge in [-0.2, -0.15) is 0 Å². The number of thiazole rings is 1. The number of amides is 2. The number of sulfonamides is 1. The summed E-state index contributed by atoms with van der Waals surface area (Å²) in [5.74, 6) is 0. The van der Waals surface area contributed by atoms with Crippen LogP contribution >= 0.6 is 11.3 Å². The van der Waals surface area contributed by atoms with Gasteiger partial charge in [0, 0.05) is 4.88 Å². The summed E-state index contributed by atoms with van der Waals surface area (Å²) in [5, 5.41) is 6.46. The van der Waals surface area contributed by atoms with Crippen molar-refractivity contribution in [3.05, 3.63) is 45.4 Å². The van der Waals surface area contributed by atoms with Crippen molar-refractivity contribution in [2.24, 2.45) is 0 Å². The molecular weight excluding hydrogens is 360 g/mol. The van der Waals surface area contributed by atoms with Gasteiger partial charge in [-0.1, -0.05) is 12.1 Å². The van der Waals surface area contributed by atoms with Gasteiger partial charge in [0.1, 0.15) is 5.01 Å². The SMILES string of the molecule is CNS(=O)(=O)c1ccc(C(C)NC(=O)NCc2nc(C)c(C)s2)cc1. The summed E-state index contributed by atoms with van der Waals surface area (Å²) >= 11 is 1.56. The van der Waals surface area contributed by atoms with E-state index < -0.39 is 10.0 Å². The molecule has 0 aliphatic heterocycles. The Hall–Kier alpha value is -1.97. The van der Waals surface area contributed by atoms with Gasteiger partial charge in [-0.3, -0.25) is 0 Å². The lowest BCUT2D eigenvalue weighted by Gasteiger charge is -2.15. The Morgan fingerprint density at radius 1 is 1.24 bits per heavy atom. The third-order valence-electron chi connectivity index (χ3n) is 3.78. The summed E-state index contributed by atoms with van der Waals surface area (Å²) in [5.41, 5.74) is 1.79. The Morgan fingerprint density at radius 3 is 2.40 bits per heavy atom. The first-order valence-electron chi connectivity index (χ1n) is 7.73. The number of aryl methyl sites for hydroxylation is 2. The fourth-order valence-electron chi connectivity index (χ4n) is 2.16. The van der Waals surface area contributed by atoms with Crippen molar-refractivity contribution < 1.29 is 13.2 Å². The molecule has 25 heavy (non-hydrogen) atoms. The molecule has 2 amide bonds. The van der Waals surface area contributed by atoms with Crippen LogP contribution in [0.4, 0.5) is 4.79 Å². The lowest BCUT2D eigenvalue weighted by atomic mass is 10.1. The smallest absolute Gasteiger partial charge is 0.315 e. The summed E-state index contributed by atoms with van der Waals surface area (Å²) in [7, 11) is -2.10. The van der Waals surface area contributed by atoms with Crippen molar-refractivity contribution in [3.63, 3.8) is 0 Å².